The molecule has 10 heteroatoms. The number of carbonyl (C=O) groups is 2. The fraction of sp³-hybridized carbons (Fsp3) is 0.918. The molecule has 0 aliphatic heterocycles. The van der Waals surface area contributed by atoms with Crippen LogP contribution in [0.3, 0.4) is 0 Å². The van der Waals surface area contributed by atoms with Crippen molar-refractivity contribution < 1.29 is 37.6 Å². The summed E-state index contributed by atoms with van der Waals surface area (Å²) in [5, 5.41) is 0. The number of carbonyl (C=O) groups excluding carboxylic acids is 2. The molecular formula is C49H96NO8P. The first-order chi connectivity index (χ1) is 28.8. The molecule has 9 nitrogen and oxygen atoms in total. The third-order valence-corrected chi connectivity index (χ3v) is 12.1. The van der Waals surface area contributed by atoms with Gasteiger partial charge in [0, 0.05) is 19.4 Å². The molecule has 2 atom stereocenters. The first-order valence-electron chi connectivity index (χ1n) is 25.2. The second-order valence-electron chi connectivity index (χ2n) is 17.0. The predicted molar refractivity (Wildman–Crippen MR) is 248 cm³/mol. The van der Waals surface area contributed by atoms with E-state index in [9.17, 15) is 19.0 Å². The number of phosphoric ester groups is 1. The van der Waals surface area contributed by atoms with Gasteiger partial charge in [-0.05, 0) is 38.5 Å². The number of hydrogen-bond donors (Lipinski definition) is 2. The van der Waals surface area contributed by atoms with E-state index in [1.807, 2.05) is 0 Å². The van der Waals surface area contributed by atoms with Crippen LogP contribution in [0.5, 0.6) is 0 Å². The number of rotatable bonds is 48. The van der Waals surface area contributed by atoms with Gasteiger partial charge in [0.05, 0.1) is 13.2 Å². The summed E-state index contributed by atoms with van der Waals surface area (Å²) in [6.07, 6.45) is 49.7. The average Bonchev–Trinajstić information content (AvgIpc) is 3.22. The Kier molecular flexibility index (Phi) is 45.3. The molecule has 0 aromatic carbocycles. The van der Waals surface area contributed by atoms with Crippen molar-refractivity contribution in [2.24, 2.45) is 5.73 Å². The highest BCUT2D eigenvalue weighted by Gasteiger charge is 2.26. The van der Waals surface area contributed by atoms with Gasteiger partial charge >= 0.3 is 19.8 Å². The van der Waals surface area contributed by atoms with E-state index >= 15 is 0 Å². The molecule has 0 aromatic heterocycles. The van der Waals surface area contributed by atoms with Crippen molar-refractivity contribution in [1.82, 2.24) is 0 Å². The smallest absolute Gasteiger partial charge is 0.462 e. The first kappa shape index (κ1) is 57.8. The van der Waals surface area contributed by atoms with Gasteiger partial charge in [-0.1, -0.05) is 219 Å². The van der Waals surface area contributed by atoms with E-state index in [2.05, 4.69) is 26.0 Å². The molecule has 1 unspecified atom stereocenters. The Balaban J connectivity index is 4.00. The highest BCUT2D eigenvalue weighted by Crippen LogP contribution is 2.43. The van der Waals surface area contributed by atoms with Crippen LogP contribution in [0.1, 0.15) is 258 Å². The van der Waals surface area contributed by atoms with E-state index in [0.29, 0.717) is 6.42 Å². The molecule has 59 heavy (non-hydrogen) atoms. The Labute approximate surface area is 364 Å². The van der Waals surface area contributed by atoms with Crippen LogP contribution in [0.4, 0.5) is 0 Å². The fourth-order valence-electron chi connectivity index (χ4n) is 7.40. The Bertz CT molecular complexity index is 980. The molecule has 350 valence electrons. The number of allylic oxidation sites excluding steroid dienone is 2. The van der Waals surface area contributed by atoms with E-state index in [1.165, 1.54) is 173 Å². The van der Waals surface area contributed by atoms with Crippen molar-refractivity contribution in [2.75, 3.05) is 26.4 Å². The zero-order valence-electron chi connectivity index (χ0n) is 38.8. The number of unbranched alkanes of at least 4 members (excludes halogenated alkanes) is 33. The molecule has 0 saturated carbocycles. The van der Waals surface area contributed by atoms with Crippen LogP contribution in [0, 0.1) is 0 Å². The highest BCUT2D eigenvalue weighted by atomic mass is 31.2. The standard InChI is InChI=1S/C49H96NO8P/c1-3-5-7-9-11-13-15-17-19-20-21-22-23-24-25-26-28-30-32-34-36-38-40-42-49(52)58-47(46-57-59(53,54)56-44-43-50)45-55-48(51)41-39-37-35-33-31-29-27-18-16-14-12-10-8-6-4-2/h18,27,47H,3-17,19-26,28-46,50H2,1-2H3,(H,53,54)/b27-18+/t47-/m1/s1. The topological polar surface area (TPSA) is 134 Å². The summed E-state index contributed by atoms with van der Waals surface area (Å²) in [5.41, 5.74) is 5.36. The second kappa shape index (κ2) is 46.3. The average molecular weight is 858 g/mol. The van der Waals surface area contributed by atoms with Crippen LogP contribution in [-0.4, -0.2) is 49.3 Å². The summed E-state index contributed by atoms with van der Waals surface area (Å²) < 4.78 is 32.9. The van der Waals surface area contributed by atoms with Gasteiger partial charge in [0.1, 0.15) is 6.61 Å². The number of ether oxygens (including phenoxy) is 2. The van der Waals surface area contributed by atoms with E-state index in [0.717, 1.165) is 51.4 Å². The molecule has 0 bridgehead atoms. The minimum atomic E-state index is -4.38. The monoisotopic (exact) mass is 858 g/mol. The van der Waals surface area contributed by atoms with Crippen molar-refractivity contribution in [1.29, 1.82) is 0 Å². The van der Waals surface area contributed by atoms with Gasteiger partial charge in [-0.2, -0.15) is 0 Å². The summed E-state index contributed by atoms with van der Waals surface area (Å²) in [6.45, 7) is 3.77. The molecule has 0 heterocycles. The Morgan fingerprint density at radius 3 is 1.20 bits per heavy atom. The molecule has 0 saturated heterocycles. The minimum Gasteiger partial charge on any atom is -0.462 e. The molecule has 0 rings (SSSR count). The van der Waals surface area contributed by atoms with E-state index in [1.54, 1.807) is 0 Å². The molecule has 0 aromatic rings. The zero-order chi connectivity index (χ0) is 43.2. The maximum absolute atomic E-state index is 12.6. The lowest BCUT2D eigenvalue weighted by Crippen LogP contribution is -2.29. The SMILES string of the molecule is CCCCCCCC/C=C/CCCCCCCC(=O)OC[C@H](COP(=O)(O)OCCN)OC(=O)CCCCCCCCCCCCCCCCCCCCCCCCC. The number of phosphoric acid groups is 1. The zero-order valence-corrected chi connectivity index (χ0v) is 39.7. The van der Waals surface area contributed by atoms with Gasteiger partial charge in [0.2, 0.25) is 0 Å². The lowest BCUT2D eigenvalue weighted by atomic mass is 10.0. The molecule has 0 aliphatic rings. The fourth-order valence-corrected chi connectivity index (χ4v) is 8.16. The molecule has 0 aliphatic carbocycles. The minimum absolute atomic E-state index is 0.0554. The van der Waals surface area contributed by atoms with E-state index < -0.39 is 26.5 Å². The summed E-state index contributed by atoms with van der Waals surface area (Å²) >= 11 is 0. The summed E-state index contributed by atoms with van der Waals surface area (Å²) in [5.74, 6) is -0.823. The molecule has 0 radical (unpaired) electrons. The summed E-state index contributed by atoms with van der Waals surface area (Å²) in [6, 6.07) is 0. The molecule has 0 spiro atoms. The van der Waals surface area contributed by atoms with Crippen molar-refractivity contribution >= 4 is 19.8 Å². The lowest BCUT2D eigenvalue weighted by Gasteiger charge is -2.19. The number of hydrogen-bond acceptors (Lipinski definition) is 8. The van der Waals surface area contributed by atoms with Gasteiger partial charge < -0.3 is 20.1 Å². The van der Waals surface area contributed by atoms with Crippen LogP contribution in [0.25, 0.3) is 0 Å². The lowest BCUT2D eigenvalue weighted by molar-refractivity contribution is -0.161. The van der Waals surface area contributed by atoms with Gasteiger partial charge in [-0.25, -0.2) is 4.57 Å². The quantitative estimate of drug-likeness (QED) is 0.0265. The maximum atomic E-state index is 12.6. The van der Waals surface area contributed by atoms with Crippen LogP contribution >= 0.6 is 7.82 Å². The summed E-state index contributed by atoms with van der Waals surface area (Å²) in [4.78, 5) is 35.0. The predicted octanol–water partition coefficient (Wildman–Crippen LogP) is 15.0. The van der Waals surface area contributed by atoms with Crippen LogP contribution in [0.2, 0.25) is 0 Å². The normalized spacial score (nSPS) is 13.2. The summed E-state index contributed by atoms with van der Waals surface area (Å²) in [7, 11) is -4.38. The second-order valence-corrected chi connectivity index (χ2v) is 18.5. The van der Waals surface area contributed by atoms with Gasteiger partial charge in [-0.3, -0.25) is 18.6 Å². The number of esters is 2. The van der Waals surface area contributed by atoms with Crippen LogP contribution in [0.15, 0.2) is 12.2 Å². The largest absolute Gasteiger partial charge is 0.472 e. The maximum Gasteiger partial charge on any atom is 0.472 e. The van der Waals surface area contributed by atoms with Gasteiger partial charge in [0.15, 0.2) is 6.10 Å². The Morgan fingerprint density at radius 2 is 0.831 bits per heavy atom. The molecule has 0 fully saturated rings. The van der Waals surface area contributed by atoms with E-state index in [4.69, 9.17) is 24.3 Å². The van der Waals surface area contributed by atoms with Crippen molar-refractivity contribution in [2.45, 2.75) is 264 Å². The molecule has 3 N–H and O–H groups in total. The molecule has 0 amide bonds. The highest BCUT2D eigenvalue weighted by molar-refractivity contribution is 7.47. The van der Waals surface area contributed by atoms with Crippen molar-refractivity contribution in [3.63, 3.8) is 0 Å². The molecular weight excluding hydrogens is 762 g/mol. The van der Waals surface area contributed by atoms with Crippen LogP contribution < -0.4 is 5.73 Å². The Hall–Kier alpha value is -1.25. The van der Waals surface area contributed by atoms with Crippen LogP contribution in [-0.2, 0) is 32.7 Å². The van der Waals surface area contributed by atoms with Crippen molar-refractivity contribution in [3.05, 3.63) is 12.2 Å². The third kappa shape index (κ3) is 46.1. The van der Waals surface area contributed by atoms with Crippen molar-refractivity contribution in [3.8, 4) is 0 Å². The first-order valence-corrected chi connectivity index (χ1v) is 26.7. The van der Waals surface area contributed by atoms with Gasteiger partial charge in [-0.15, -0.1) is 0 Å². The Morgan fingerprint density at radius 1 is 0.492 bits per heavy atom. The third-order valence-electron chi connectivity index (χ3n) is 11.2. The van der Waals surface area contributed by atoms with E-state index in [-0.39, 0.29) is 38.6 Å². The number of nitrogens with two attached hydrogens (primary N) is 1. The van der Waals surface area contributed by atoms with Gasteiger partial charge in [0.25, 0.3) is 0 Å².